The number of benzene rings is 3. The summed E-state index contributed by atoms with van der Waals surface area (Å²) in [5.74, 6) is 0.491. The molecule has 10 heteroatoms. The van der Waals surface area contributed by atoms with E-state index < -0.39 is 11.9 Å². The first kappa shape index (κ1) is 25.9. The number of carbonyl (C=O) groups is 2. The maximum Gasteiger partial charge on any atom is 0.343 e. The van der Waals surface area contributed by atoms with Gasteiger partial charge in [-0.1, -0.05) is 29.3 Å². The molecule has 3 rings (SSSR count). The van der Waals surface area contributed by atoms with E-state index >= 15 is 0 Å². The summed E-state index contributed by atoms with van der Waals surface area (Å²) in [6, 6.07) is 16.3. The van der Waals surface area contributed by atoms with Crippen molar-refractivity contribution in [1.82, 2.24) is 5.43 Å². The molecular formula is C25H22Cl2N2O6. The van der Waals surface area contributed by atoms with E-state index in [1.165, 1.54) is 6.21 Å². The van der Waals surface area contributed by atoms with Crippen molar-refractivity contribution < 1.29 is 28.5 Å². The molecule has 0 spiro atoms. The lowest BCUT2D eigenvalue weighted by Crippen LogP contribution is -2.24. The van der Waals surface area contributed by atoms with Crippen LogP contribution in [0.4, 0.5) is 0 Å². The van der Waals surface area contributed by atoms with Crippen molar-refractivity contribution in [2.45, 2.75) is 6.92 Å². The molecule has 0 aliphatic rings. The van der Waals surface area contributed by atoms with E-state index in [0.29, 0.717) is 40.0 Å². The average molecular weight is 517 g/mol. The topological polar surface area (TPSA) is 95.5 Å². The molecule has 0 bridgehead atoms. The first-order chi connectivity index (χ1) is 16.9. The molecule has 0 unspecified atom stereocenters. The van der Waals surface area contributed by atoms with Gasteiger partial charge in [0.15, 0.2) is 18.1 Å². The molecule has 182 valence electrons. The minimum absolute atomic E-state index is 0.224. The molecule has 0 atom stereocenters. The fourth-order valence-electron chi connectivity index (χ4n) is 2.79. The summed E-state index contributed by atoms with van der Waals surface area (Å²) >= 11 is 11.9. The van der Waals surface area contributed by atoms with Crippen LogP contribution >= 0.6 is 23.2 Å². The van der Waals surface area contributed by atoms with E-state index in [-0.39, 0.29) is 17.4 Å². The van der Waals surface area contributed by atoms with Gasteiger partial charge in [0.05, 0.1) is 30.5 Å². The zero-order chi connectivity index (χ0) is 25.2. The van der Waals surface area contributed by atoms with Crippen LogP contribution in [0.15, 0.2) is 65.8 Å². The Morgan fingerprint density at radius 2 is 1.74 bits per heavy atom. The standard InChI is InChI=1S/C25H22Cl2N2O6/c1-3-33-22-13-16(7-12-20(22)35-25(31)17-8-10-18(32-2)11-9-17)14-28-29-23(30)15-34-21-6-4-5-19(26)24(21)27/h4-14H,3,15H2,1-2H3,(H,29,30)/b28-14-. The number of nitrogens with one attached hydrogen (secondary N) is 1. The monoisotopic (exact) mass is 516 g/mol. The van der Waals surface area contributed by atoms with E-state index in [1.807, 2.05) is 6.92 Å². The van der Waals surface area contributed by atoms with Crippen LogP contribution in [0, 0.1) is 0 Å². The molecule has 35 heavy (non-hydrogen) atoms. The van der Waals surface area contributed by atoms with Crippen LogP contribution in [0.2, 0.25) is 10.0 Å². The molecule has 8 nitrogen and oxygen atoms in total. The first-order valence-corrected chi connectivity index (χ1v) is 11.2. The van der Waals surface area contributed by atoms with Crippen molar-refractivity contribution in [3.8, 4) is 23.0 Å². The first-order valence-electron chi connectivity index (χ1n) is 10.4. The molecule has 0 radical (unpaired) electrons. The third-order valence-corrected chi connectivity index (χ3v) is 5.28. The predicted molar refractivity (Wildman–Crippen MR) is 133 cm³/mol. The highest BCUT2D eigenvalue weighted by Crippen LogP contribution is 2.31. The zero-order valence-electron chi connectivity index (χ0n) is 18.9. The Labute approximate surface area is 212 Å². The van der Waals surface area contributed by atoms with Gasteiger partial charge in [-0.25, -0.2) is 10.2 Å². The Hall–Kier alpha value is -3.75. The van der Waals surface area contributed by atoms with Gasteiger partial charge in [-0.15, -0.1) is 0 Å². The Balaban J connectivity index is 1.60. The Bertz CT molecular complexity index is 1220. The molecule has 0 saturated heterocycles. The number of amides is 1. The number of ether oxygens (including phenoxy) is 4. The van der Waals surface area contributed by atoms with Gasteiger partial charge in [0.1, 0.15) is 16.5 Å². The van der Waals surface area contributed by atoms with Gasteiger partial charge >= 0.3 is 5.97 Å². The minimum Gasteiger partial charge on any atom is -0.497 e. The van der Waals surface area contributed by atoms with Gasteiger partial charge in [-0.2, -0.15) is 5.10 Å². The van der Waals surface area contributed by atoms with E-state index in [0.717, 1.165) is 0 Å². The van der Waals surface area contributed by atoms with Crippen LogP contribution in [0.1, 0.15) is 22.8 Å². The van der Waals surface area contributed by atoms with Crippen LogP contribution in [0.3, 0.4) is 0 Å². The lowest BCUT2D eigenvalue weighted by Gasteiger charge is -2.11. The molecule has 3 aromatic carbocycles. The Kier molecular flexibility index (Phi) is 9.34. The van der Waals surface area contributed by atoms with Gasteiger partial charge in [-0.3, -0.25) is 4.79 Å². The van der Waals surface area contributed by atoms with Crippen LogP contribution < -0.4 is 24.4 Å². The number of nitrogens with zero attached hydrogens (tertiary/aromatic N) is 1. The van der Waals surface area contributed by atoms with Gasteiger partial charge in [0.2, 0.25) is 0 Å². The number of esters is 1. The summed E-state index contributed by atoms with van der Waals surface area (Å²) in [5.41, 5.74) is 3.33. The van der Waals surface area contributed by atoms with E-state index in [1.54, 1.807) is 67.8 Å². The summed E-state index contributed by atoms with van der Waals surface area (Å²) in [6.07, 6.45) is 1.42. The summed E-state index contributed by atoms with van der Waals surface area (Å²) in [4.78, 5) is 24.5. The summed E-state index contributed by atoms with van der Waals surface area (Å²) in [7, 11) is 1.54. The maximum absolute atomic E-state index is 12.5. The number of halogens is 2. The van der Waals surface area contributed by atoms with Crippen LogP contribution in [-0.4, -0.2) is 38.4 Å². The molecule has 0 heterocycles. The molecule has 0 fully saturated rings. The van der Waals surface area contributed by atoms with Crippen molar-refractivity contribution in [1.29, 1.82) is 0 Å². The number of methoxy groups -OCH3 is 1. The zero-order valence-corrected chi connectivity index (χ0v) is 20.4. The van der Waals surface area contributed by atoms with Crippen molar-refractivity contribution >= 4 is 41.3 Å². The highest BCUT2D eigenvalue weighted by Gasteiger charge is 2.14. The summed E-state index contributed by atoms with van der Waals surface area (Å²) in [5, 5.41) is 4.46. The molecule has 1 N–H and O–H groups in total. The van der Waals surface area contributed by atoms with E-state index in [9.17, 15) is 9.59 Å². The van der Waals surface area contributed by atoms with E-state index in [4.69, 9.17) is 42.1 Å². The van der Waals surface area contributed by atoms with Gasteiger partial charge in [0.25, 0.3) is 5.91 Å². The Morgan fingerprint density at radius 1 is 0.971 bits per heavy atom. The third-order valence-electron chi connectivity index (χ3n) is 4.47. The maximum atomic E-state index is 12.5. The summed E-state index contributed by atoms with van der Waals surface area (Å²) < 4.78 is 21.5. The molecule has 1 amide bonds. The van der Waals surface area contributed by atoms with Crippen LogP contribution in [0.5, 0.6) is 23.0 Å². The second-order valence-electron chi connectivity index (χ2n) is 6.89. The quantitative estimate of drug-likeness (QED) is 0.173. The van der Waals surface area contributed by atoms with Gasteiger partial charge in [0, 0.05) is 0 Å². The minimum atomic E-state index is -0.540. The fraction of sp³-hybridized carbons (Fsp3) is 0.160. The average Bonchev–Trinajstić information content (AvgIpc) is 2.86. The normalized spacial score (nSPS) is 10.6. The molecule has 0 aliphatic carbocycles. The second kappa shape index (κ2) is 12.6. The molecule has 0 aromatic heterocycles. The van der Waals surface area contributed by atoms with Crippen molar-refractivity contribution in [2.75, 3.05) is 20.3 Å². The van der Waals surface area contributed by atoms with Crippen molar-refractivity contribution in [2.24, 2.45) is 5.10 Å². The van der Waals surface area contributed by atoms with Crippen molar-refractivity contribution in [3.63, 3.8) is 0 Å². The molecule has 0 saturated carbocycles. The largest absolute Gasteiger partial charge is 0.497 e. The SMILES string of the molecule is CCOc1cc(/C=N\NC(=O)COc2cccc(Cl)c2Cl)ccc1OC(=O)c1ccc(OC)cc1. The number of carbonyl (C=O) groups excluding carboxylic acids is 2. The molecule has 0 aliphatic heterocycles. The number of rotatable bonds is 10. The summed E-state index contributed by atoms with van der Waals surface area (Å²) in [6.45, 7) is 1.86. The third kappa shape index (κ3) is 7.37. The van der Waals surface area contributed by atoms with Crippen LogP contribution in [-0.2, 0) is 4.79 Å². The lowest BCUT2D eigenvalue weighted by molar-refractivity contribution is -0.123. The van der Waals surface area contributed by atoms with Gasteiger partial charge in [-0.05, 0) is 67.1 Å². The Morgan fingerprint density at radius 3 is 2.46 bits per heavy atom. The highest BCUT2D eigenvalue weighted by molar-refractivity contribution is 6.42. The predicted octanol–water partition coefficient (Wildman–Crippen LogP) is 5.15. The molecule has 3 aromatic rings. The number of hydrogen-bond acceptors (Lipinski definition) is 7. The highest BCUT2D eigenvalue weighted by atomic mass is 35.5. The number of hydrogen-bond donors (Lipinski definition) is 1. The number of hydrazone groups is 1. The van der Waals surface area contributed by atoms with Crippen LogP contribution in [0.25, 0.3) is 0 Å². The molecular weight excluding hydrogens is 495 g/mol. The van der Waals surface area contributed by atoms with Gasteiger partial charge < -0.3 is 18.9 Å². The van der Waals surface area contributed by atoms with E-state index in [2.05, 4.69) is 10.5 Å². The fourth-order valence-corrected chi connectivity index (χ4v) is 3.14. The smallest absolute Gasteiger partial charge is 0.343 e. The van der Waals surface area contributed by atoms with Crippen molar-refractivity contribution in [3.05, 3.63) is 81.8 Å². The lowest BCUT2D eigenvalue weighted by atomic mass is 10.2. The second-order valence-corrected chi connectivity index (χ2v) is 7.68.